The average molecular weight is 625 g/mol. The quantitative estimate of drug-likeness (QED) is 0.175. The number of aryl methyl sites for hydroxylation is 1. The Morgan fingerprint density at radius 2 is 0.875 bits per heavy atom. The van der Waals surface area contributed by atoms with Gasteiger partial charge >= 0.3 is 0 Å². The molecule has 0 saturated heterocycles. The van der Waals surface area contributed by atoms with Crippen LogP contribution in [0.2, 0.25) is 0 Å². The second-order valence-electron chi connectivity index (χ2n) is 14.2. The highest BCUT2D eigenvalue weighted by Crippen LogP contribution is 2.55. The number of hydrogen-bond acceptors (Lipinski definition) is 1. The molecule has 0 aliphatic heterocycles. The first-order valence-electron chi connectivity index (χ1n) is 17.4. The molecule has 0 atom stereocenters. The van der Waals surface area contributed by atoms with Crippen molar-refractivity contribution in [1.82, 2.24) is 0 Å². The molecule has 0 heterocycles. The van der Waals surface area contributed by atoms with Gasteiger partial charge in [-0.15, -0.1) is 0 Å². The number of carbonyl (C=O) groups excluding carboxylic acids is 1. The summed E-state index contributed by atoms with van der Waals surface area (Å²) in [5.41, 5.74) is 20.2. The van der Waals surface area contributed by atoms with Gasteiger partial charge in [-0.2, -0.15) is 0 Å². The van der Waals surface area contributed by atoms with Crippen LogP contribution in [0.3, 0.4) is 0 Å². The lowest BCUT2D eigenvalue weighted by Gasteiger charge is -2.22. The fourth-order valence-electron chi connectivity index (χ4n) is 8.05. The van der Waals surface area contributed by atoms with Gasteiger partial charge in [0.2, 0.25) is 0 Å². The van der Waals surface area contributed by atoms with Gasteiger partial charge in [0.15, 0.2) is 5.78 Å². The first kappa shape index (κ1) is 31.6. The van der Waals surface area contributed by atoms with Crippen LogP contribution in [0.4, 0.5) is 0 Å². The SMILES string of the molecule is CC.CC1(C)c2ccccc2-c2cc3c(cc21)Cc1cc2c(cc1-3)-c1ccccc1C2(C)C.Cc1ccc(C(=O)c2ccccc2)cc1. The number of benzene rings is 6. The Morgan fingerprint density at radius 3 is 1.35 bits per heavy atom. The minimum atomic E-state index is 0.0679. The number of ketones is 1. The topological polar surface area (TPSA) is 17.1 Å². The number of rotatable bonds is 2. The van der Waals surface area contributed by atoms with Crippen LogP contribution >= 0.6 is 0 Å². The van der Waals surface area contributed by atoms with Crippen molar-refractivity contribution in [2.75, 3.05) is 0 Å². The molecule has 0 fully saturated rings. The summed E-state index contributed by atoms with van der Waals surface area (Å²) in [7, 11) is 0. The molecule has 48 heavy (non-hydrogen) atoms. The van der Waals surface area contributed by atoms with E-state index in [0.29, 0.717) is 0 Å². The third-order valence-electron chi connectivity index (χ3n) is 10.6. The maximum absolute atomic E-state index is 12.0. The third kappa shape index (κ3) is 4.96. The molecule has 0 radical (unpaired) electrons. The van der Waals surface area contributed by atoms with Crippen LogP contribution < -0.4 is 0 Å². The van der Waals surface area contributed by atoms with Gasteiger partial charge in [0.25, 0.3) is 0 Å². The monoisotopic (exact) mass is 624 g/mol. The second kappa shape index (κ2) is 11.9. The maximum atomic E-state index is 12.0. The maximum Gasteiger partial charge on any atom is 0.193 e. The smallest absolute Gasteiger partial charge is 0.193 e. The molecule has 0 unspecified atom stereocenters. The van der Waals surface area contributed by atoms with Gasteiger partial charge in [0, 0.05) is 22.0 Å². The van der Waals surface area contributed by atoms with Gasteiger partial charge in [-0.25, -0.2) is 0 Å². The summed E-state index contributed by atoms with van der Waals surface area (Å²) in [5, 5.41) is 0. The van der Waals surface area contributed by atoms with Crippen LogP contribution in [0.1, 0.15) is 96.4 Å². The van der Waals surface area contributed by atoms with Crippen LogP contribution in [0, 0.1) is 6.92 Å². The van der Waals surface area contributed by atoms with E-state index in [4.69, 9.17) is 0 Å². The van der Waals surface area contributed by atoms with Gasteiger partial charge in [-0.3, -0.25) is 4.79 Å². The molecule has 238 valence electrons. The largest absolute Gasteiger partial charge is 0.289 e. The lowest BCUT2D eigenvalue weighted by atomic mass is 9.81. The molecule has 9 rings (SSSR count). The van der Waals surface area contributed by atoms with Crippen molar-refractivity contribution in [2.45, 2.75) is 65.7 Å². The van der Waals surface area contributed by atoms with Crippen LogP contribution in [0.5, 0.6) is 0 Å². The van der Waals surface area contributed by atoms with E-state index < -0.39 is 0 Å². The van der Waals surface area contributed by atoms with E-state index in [2.05, 4.69) is 100 Å². The van der Waals surface area contributed by atoms with E-state index in [0.717, 1.165) is 17.5 Å². The zero-order valence-corrected chi connectivity index (χ0v) is 29.2. The zero-order chi connectivity index (χ0) is 33.8. The first-order chi connectivity index (χ1) is 23.1. The lowest BCUT2D eigenvalue weighted by Crippen LogP contribution is -2.15. The van der Waals surface area contributed by atoms with Crippen LogP contribution in [0.15, 0.2) is 127 Å². The fourth-order valence-corrected chi connectivity index (χ4v) is 8.05. The molecule has 1 heteroatoms. The first-order valence-corrected chi connectivity index (χ1v) is 17.4. The zero-order valence-electron chi connectivity index (χ0n) is 29.2. The van der Waals surface area contributed by atoms with Crippen molar-refractivity contribution in [2.24, 2.45) is 0 Å². The van der Waals surface area contributed by atoms with Gasteiger partial charge in [0.05, 0.1) is 0 Å². The summed E-state index contributed by atoms with van der Waals surface area (Å²) in [5.74, 6) is 0.0793. The molecule has 0 spiro atoms. The third-order valence-corrected chi connectivity index (χ3v) is 10.6. The highest BCUT2D eigenvalue weighted by molar-refractivity contribution is 6.09. The van der Waals surface area contributed by atoms with Crippen molar-refractivity contribution in [1.29, 1.82) is 0 Å². The highest BCUT2D eigenvalue weighted by Gasteiger charge is 2.39. The number of carbonyl (C=O) groups is 1. The Labute approximate surface area is 286 Å². The Kier molecular flexibility index (Phi) is 7.83. The van der Waals surface area contributed by atoms with Crippen LogP contribution in [-0.2, 0) is 17.3 Å². The summed E-state index contributed by atoms with van der Waals surface area (Å²) >= 11 is 0. The van der Waals surface area contributed by atoms with E-state index in [1.54, 1.807) is 0 Å². The predicted octanol–water partition coefficient (Wildman–Crippen LogP) is 12.1. The highest BCUT2D eigenvalue weighted by atomic mass is 16.1. The van der Waals surface area contributed by atoms with Crippen molar-refractivity contribution >= 4 is 5.78 Å². The van der Waals surface area contributed by atoms with Crippen molar-refractivity contribution in [3.05, 3.63) is 177 Å². The average Bonchev–Trinajstić information content (AvgIpc) is 3.67. The van der Waals surface area contributed by atoms with Crippen LogP contribution in [-0.4, -0.2) is 5.78 Å². The fraction of sp³-hybridized carbons (Fsp3) is 0.213. The van der Waals surface area contributed by atoms with E-state index in [1.807, 2.05) is 75.4 Å². The standard InChI is InChI=1S/C31H26.C14H12O.C2H6/c1-30(2)26-11-7-5-9-20(26)24-16-22-18(14-28(24)30)13-19-15-29-25(17-23(19)22)21-10-6-8-12-27(21)31(29,3)4;1-11-7-9-13(10-8-11)14(15)12-5-3-2-4-6-12;1-2/h5-12,14-17H,13H2,1-4H3;2-10H,1H3;1-2H3. The van der Waals surface area contributed by atoms with E-state index in [1.165, 1.54) is 72.3 Å². The Hall–Kier alpha value is -5.01. The predicted molar refractivity (Wildman–Crippen MR) is 202 cm³/mol. The Bertz CT molecular complexity index is 2070. The Morgan fingerprint density at radius 1 is 0.458 bits per heavy atom. The van der Waals surface area contributed by atoms with E-state index in [9.17, 15) is 4.79 Å². The molecule has 3 aliphatic rings. The molecule has 0 aromatic heterocycles. The summed E-state index contributed by atoms with van der Waals surface area (Å²) < 4.78 is 0. The number of fused-ring (bicyclic) bond motifs is 9. The molecule has 0 amide bonds. The number of hydrogen-bond donors (Lipinski definition) is 0. The molecule has 6 aromatic carbocycles. The lowest BCUT2D eigenvalue weighted by molar-refractivity contribution is 0.103. The van der Waals surface area contributed by atoms with Gasteiger partial charge in [-0.1, -0.05) is 162 Å². The second-order valence-corrected chi connectivity index (χ2v) is 14.2. The summed E-state index contributed by atoms with van der Waals surface area (Å²) in [6.07, 6.45) is 1.05. The van der Waals surface area contributed by atoms with Gasteiger partial charge in [0.1, 0.15) is 0 Å². The molecule has 1 nitrogen and oxygen atoms in total. The normalized spacial score (nSPS) is 14.5. The van der Waals surface area contributed by atoms with Gasteiger partial charge < -0.3 is 0 Å². The molecule has 3 aliphatic carbocycles. The summed E-state index contributed by atoms with van der Waals surface area (Å²) in [4.78, 5) is 12.0. The molecule has 0 N–H and O–H groups in total. The molecule has 6 aromatic rings. The summed E-state index contributed by atoms with van der Waals surface area (Å²) in [6.45, 7) is 15.5. The molecule has 0 bridgehead atoms. The Balaban J connectivity index is 0.000000181. The molecule has 0 saturated carbocycles. The minimum Gasteiger partial charge on any atom is -0.289 e. The van der Waals surface area contributed by atoms with Crippen molar-refractivity contribution in [3.8, 4) is 33.4 Å². The van der Waals surface area contributed by atoms with Crippen molar-refractivity contribution < 1.29 is 4.79 Å². The molecular formula is C47H44O. The van der Waals surface area contributed by atoms with E-state index >= 15 is 0 Å². The van der Waals surface area contributed by atoms with Crippen LogP contribution in [0.25, 0.3) is 33.4 Å². The summed E-state index contributed by atoms with van der Waals surface area (Å²) in [6, 6.07) is 44.9. The van der Waals surface area contributed by atoms with Gasteiger partial charge in [-0.05, 0) is 92.2 Å². The van der Waals surface area contributed by atoms with Crippen molar-refractivity contribution in [3.63, 3.8) is 0 Å². The minimum absolute atomic E-state index is 0.0679. The molecular weight excluding hydrogens is 581 g/mol. The van der Waals surface area contributed by atoms with E-state index in [-0.39, 0.29) is 16.6 Å².